The Hall–Kier alpha value is -0.890. The monoisotopic (exact) mass is 317 g/mol. The second-order valence-electron chi connectivity index (χ2n) is 5.01. The minimum Gasteiger partial charge on any atom is -0.377 e. The fourth-order valence-electron chi connectivity index (χ4n) is 2.10. The molecule has 122 valence electrons. The van der Waals surface area contributed by atoms with Crippen molar-refractivity contribution in [2.45, 2.75) is 51.3 Å². The number of sulfonamides is 1. The van der Waals surface area contributed by atoms with Crippen LogP contribution in [0, 0.1) is 0 Å². The number of rotatable bonds is 10. The minimum atomic E-state index is -3.49. The second-order valence-corrected chi connectivity index (χ2v) is 6.78. The third-order valence-electron chi connectivity index (χ3n) is 3.11. The van der Waals surface area contributed by atoms with E-state index >= 15 is 0 Å². The van der Waals surface area contributed by atoms with Crippen LogP contribution in [0.5, 0.6) is 0 Å². The lowest BCUT2D eigenvalue weighted by atomic mass is 10.4. The molecule has 1 aromatic heterocycles. The number of ether oxygens (including phenoxy) is 1. The van der Waals surface area contributed by atoms with Crippen molar-refractivity contribution < 1.29 is 13.2 Å². The van der Waals surface area contributed by atoms with Gasteiger partial charge in [0, 0.05) is 38.1 Å². The average Bonchev–Trinajstić information content (AvgIpc) is 2.82. The lowest BCUT2D eigenvalue weighted by Gasteiger charge is -2.12. The number of hydrogen-bond acceptors (Lipinski definition) is 4. The van der Waals surface area contributed by atoms with Crippen LogP contribution in [0.25, 0.3) is 0 Å². The highest BCUT2D eigenvalue weighted by Crippen LogP contribution is 2.15. The third-order valence-corrected chi connectivity index (χ3v) is 4.50. The van der Waals surface area contributed by atoms with Crippen LogP contribution in [0.1, 0.15) is 32.9 Å². The number of hydrogen-bond donors (Lipinski definition) is 2. The van der Waals surface area contributed by atoms with Crippen molar-refractivity contribution in [3.8, 4) is 0 Å². The number of aromatic nitrogens is 1. The molecule has 1 unspecified atom stereocenters. The van der Waals surface area contributed by atoms with Crippen LogP contribution in [0.4, 0.5) is 0 Å². The van der Waals surface area contributed by atoms with E-state index in [9.17, 15) is 8.42 Å². The summed E-state index contributed by atoms with van der Waals surface area (Å²) in [6.45, 7) is 8.10. The SMILES string of the molecule is CCCn1cc(S(=O)(=O)NCC(C)OCC)cc1CNC. The summed E-state index contributed by atoms with van der Waals surface area (Å²) in [6.07, 6.45) is 2.52. The molecule has 0 aliphatic heterocycles. The van der Waals surface area contributed by atoms with Gasteiger partial charge in [0.1, 0.15) is 0 Å². The molecule has 0 spiro atoms. The van der Waals surface area contributed by atoms with Gasteiger partial charge in [0.05, 0.1) is 11.0 Å². The Bertz CT molecular complexity index is 502. The minimum absolute atomic E-state index is 0.140. The molecule has 0 amide bonds. The first-order chi connectivity index (χ1) is 9.94. The normalized spacial score (nSPS) is 13.5. The van der Waals surface area contributed by atoms with E-state index in [-0.39, 0.29) is 12.6 Å². The molecule has 0 bridgehead atoms. The van der Waals surface area contributed by atoms with E-state index in [2.05, 4.69) is 17.0 Å². The first kappa shape index (κ1) is 18.2. The van der Waals surface area contributed by atoms with Gasteiger partial charge < -0.3 is 14.6 Å². The predicted octanol–water partition coefficient (Wildman–Crippen LogP) is 1.32. The van der Waals surface area contributed by atoms with Crippen molar-refractivity contribution in [2.75, 3.05) is 20.2 Å². The molecule has 0 fully saturated rings. The molecule has 0 saturated heterocycles. The highest BCUT2D eigenvalue weighted by Gasteiger charge is 2.18. The van der Waals surface area contributed by atoms with E-state index in [4.69, 9.17) is 4.74 Å². The van der Waals surface area contributed by atoms with Gasteiger partial charge in [-0.1, -0.05) is 6.92 Å². The Morgan fingerprint density at radius 2 is 2.10 bits per heavy atom. The fourth-order valence-corrected chi connectivity index (χ4v) is 3.28. The molecule has 1 rings (SSSR count). The third kappa shape index (κ3) is 5.43. The van der Waals surface area contributed by atoms with Crippen LogP contribution in [0.2, 0.25) is 0 Å². The summed E-state index contributed by atoms with van der Waals surface area (Å²) in [4.78, 5) is 0.310. The van der Waals surface area contributed by atoms with Gasteiger partial charge in [0.2, 0.25) is 10.0 Å². The van der Waals surface area contributed by atoms with Gasteiger partial charge in [-0.2, -0.15) is 0 Å². The van der Waals surface area contributed by atoms with Crippen LogP contribution >= 0.6 is 0 Å². The van der Waals surface area contributed by atoms with Gasteiger partial charge in [-0.25, -0.2) is 13.1 Å². The zero-order valence-corrected chi connectivity index (χ0v) is 14.2. The maximum absolute atomic E-state index is 12.3. The fraction of sp³-hybridized carbons (Fsp3) is 0.714. The molecule has 1 aromatic rings. The van der Waals surface area contributed by atoms with Crippen molar-refractivity contribution in [3.63, 3.8) is 0 Å². The summed E-state index contributed by atoms with van der Waals surface area (Å²) < 4.78 is 34.5. The van der Waals surface area contributed by atoms with Crippen molar-refractivity contribution in [3.05, 3.63) is 18.0 Å². The van der Waals surface area contributed by atoms with Crippen LogP contribution in [-0.4, -0.2) is 39.3 Å². The molecule has 0 aromatic carbocycles. The molecule has 0 aliphatic carbocycles. The van der Waals surface area contributed by atoms with Gasteiger partial charge in [-0.15, -0.1) is 0 Å². The number of nitrogens with zero attached hydrogens (tertiary/aromatic N) is 1. The summed E-state index contributed by atoms with van der Waals surface area (Å²) in [5.74, 6) is 0. The first-order valence-electron chi connectivity index (χ1n) is 7.39. The lowest BCUT2D eigenvalue weighted by Crippen LogP contribution is -2.32. The Morgan fingerprint density at radius 3 is 2.67 bits per heavy atom. The molecule has 0 radical (unpaired) electrons. The van der Waals surface area contributed by atoms with Gasteiger partial charge in [-0.3, -0.25) is 0 Å². The first-order valence-corrected chi connectivity index (χ1v) is 8.87. The van der Waals surface area contributed by atoms with E-state index in [0.717, 1.165) is 18.7 Å². The van der Waals surface area contributed by atoms with Gasteiger partial charge in [0.15, 0.2) is 0 Å². The molecule has 0 aliphatic rings. The predicted molar refractivity (Wildman–Crippen MR) is 83.8 cm³/mol. The summed E-state index contributed by atoms with van der Waals surface area (Å²) in [5.41, 5.74) is 0.970. The molecule has 0 saturated carbocycles. The molecule has 21 heavy (non-hydrogen) atoms. The lowest BCUT2D eigenvalue weighted by molar-refractivity contribution is 0.0799. The van der Waals surface area contributed by atoms with Gasteiger partial charge in [0.25, 0.3) is 0 Å². The Balaban J connectivity index is 2.84. The summed E-state index contributed by atoms with van der Waals surface area (Å²) >= 11 is 0. The van der Waals surface area contributed by atoms with E-state index in [1.807, 2.05) is 25.5 Å². The van der Waals surface area contributed by atoms with E-state index in [0.29, 0.717) is 18.0 Å². The van der Waals surface area contributed by atoms with E-state index in [1.165, 1.54) is 0 Å². The zero-order chi connectivity index (χ0) is 15.9. The van der Waals surface area contributed by atoms with Crippen LogP contribution < -0.4 is 10.0 Å². The van der Waals surface area contributed by atoms with Crippen molar-refractivity contribution in [1.29, 1.82) is 0 Å². The highest BCUT2D eigenvalue weighted by molar-refractivity contribution is 7.89. The Labute approximate surface area is 127 Å². The van der Waals surface area contributed by atoms with Crippen LogP contribution in [0.15, 0.2) is 17.2 Å². The van der Waals surface area contributed by atoms with E-state index < -0.39 is 10.0 Å². The molecule has 6 nitrogen and oxygen atoms in total. The summed E-state index contributed by atoms with van der Waals surface area (Å²) in [7, 11) is -1.64. The Kier molecular flexibility index (Phi) is 7.37. The molecular weight excluding hydrogens is 290 g/mol. The van der Waals surface area contributed by atoms with Crippen molar-refractivity contribution in [1.82, 2.24) is 14.6 Å². The second kappa shape index (κ2) is 8.53. The average molecular weight is 317 g/mol. The number of nitrogens with one attached hydrogen (secondary N) is 2. The van der Waals surface area contributed by atoms with Crippen molar-refractivity contribution >= 4 is 10.0 Å². The number of aryl methyl sites for hydroxylation is 1. The molecular formula is C14H27N3O3S. The summed E-state index contributed by atoms with van der Waals surface area (Å²) in [6, 6.07) is 1.72. The van der Waals surface area contributed by atoms with Crippen LogP contribution in [0.3, 0.4) is 0 Å². The largest absolute Gasteiger partial charge is 0.377 e. The standard InChI is InChI=1S/C14H27N3O3S/c1-5-7-17-11-14(8-13(17)10-15-4)21(18,19)16-9-12(3)20-6-2/h8,11-12,15-16H,5-7,9-10H2,1-4H3. The highest BCUT2D eigenvalue weighted by atomic mass is 32.2. The van der Waals surface area contributed by atoms with Crippen molar-refractivity contribution in [2.24, 2.45) is 0 Å². The maximum Gasteiger partial charge on any atom is 0.242 e. The smallest absolute Gasteiger partial charge is 0.242 e. The quantitative estimate of drug-likeness (QED) is 0.683. The molecule has 7 heteroatoms. The topological polar surface area (TPSA) is 72.4 Å². The molecule has 1 heterocycles. The van der Waals surface area contributed by atoms with E-state index in [1.54, 1.807) is 12.3 Å². The van der Waals surface area contributed by atoms with Gasteiger partial charge in [-0.05, 0) is 33.4 Å². The Morgan fingerprint density at radius 1 is 1.38 bits per heavy atom. The maximum atomic E-state index is 12.3. The molecule has 1 atom stereocenters. The zero-order valence-electron chi connectivity index (χ0n) is 13.3. The molecule has 2 N–H and O–H groups in total. The van der Waals surface area contributed by atoms with Gasteiger partial charge >= 0.3 is 0 Å². The van der Waals surface area contributed by atoms with Crippen LogP contribution in [-0.2, 0) is 27.8 Å². The summed E-state index contributed by atoms with van der Waals surface area (Å²) in [5, 5.41) is 3.06.